The molecule has 0 saturated carbocycles. The van der Waals surface area contributed by atoms with Gasteiger partial charge in [-0.1, -0.05) is 6.92 Å². The summed E-state index contributed by atoms with van der Waals surface area (Å²) in [4.78, 5) is 5.33. The maximum atomic E-state index is 13.7. The van der Waals surface area contributed by atoms with E-state index in [-0.39, 0.29) is 11.5 Å². The van der Waals surface area contributed by atoms with Crippen LogP contribution in [0.4, 0.5) is 8.78 Å². The number of aromatic nitrogens is 1. The highest BCUT2D eigenvalue weighted by Crippen LogP contribution is 2.33. The Labute approximate surface area is 108 Å². The predicted molar refractivity (Wildman–Crippen MR) is 69.7 cm³/mol. The van der Waals surface area contributed by atoms with Crippen LogP contribution < -0.4 is 5.73 Å². The van der Waals surface area contributed by atoms with Gasteiger partial charge >= 0.3 is 0 Å². The molecule has 1 heterocycles. The van der Waals surface area contributed by atoms with E-state index in [4.69, 9.17) is 5.73 Å². The third kappa shape index (κ3) is 2.42. The quantitative estimate of drug-likeness (QED) is 0.926. The van der Waals surface area contributed by atoms with E-state index >= 15 is 0 Å². The summed E-state index contributed by atoms with van der Waals surface area (Å²) < 4.78 is 26.8. The highest BCUT2D eigenvalue weighted by molar-refractivity contribution is 7.15. The Balaban J connectivity index is 2.49. The van der Waals surface area contributed by atoms with Crippen LogP contribution in [0.2, 0.25) is 0 Å². The normalized spacial score (nSPS) is 12.7. The molecule has 0 aliphatic carbocycles. The fourth-order valence-electron chi connectivity index (χ4n) is 1.75. The third-order valence-electron chi connectivity index (χ3n) is 2.79. The summed E-state index contributed by atoms with van der Waals surface area (Å²) in [5.41, 5.74) is 6.66. The van der Waals surface area contributed by atoms with Crippen LogP contribution in [0, 0.1) is 18.6 Å². The van der Waals surface area contributed by atoms with Crippen LogP contribution in [-0.4, -0.2) is 11.5 Å². The predicted octanol–water partition coefficient (Wildman–Crippen LogP) is 3.46. The van der Waals surface area contributed by atoms with Crippen molar-refractivity contribution in [1.29, 1.82) is 0 Å². The lowest BCUT2D eigenvalue weighted by molar-refractivity contribution is 0.603. The van der Waals surface area contributed by atoms with Crippen molar-refractivity contribution in [2.45, 2.75) is 19.8 Å². The van der Waals surface area contributed by atoms with E-state index in [0.717, 1.165) is 22.7 Å². The second kappa shape index (κ2) is 5.12. The first-order chi connectivity index (χ1) is 8.52. The molecule has 2 aromatic rings. The van der Waals surface area contributed by atoms with Crippen molar-refractivity contribution in [1.82, 2.24) is 4.98 Å². The van der Waals surface area contributed by atoms with Crippen LogP contribution >= 0.6 is 11.3 Å². The molecule has 1 atom stereocenters. The van der Waals surface area contributed by atoms with Gasteiger partial charge in [0.05, 0.1) is 5.69 Å². The Bertz CT molecular complexity index is 566. The highest BCUT2D eigenvalue weighted by atomic mass is 32.1. The summed E-state index contributed by atoms with van der Waals surface area (Å²) in [5, 5.41) is 0.500. The van der Waals surface area contributed by atoms with Gasteiger partial charge in [0.25, 0.3) is 0 Å². The maximum Gasteiger partial charge on any atom is 0.133 e. The van der Waals surface area contributed by atoms with Gasteiger partial charge in [-0.15, -0.1) is 11.3 Å². The van der Waals surface area contributed by atoms with Gasteiger partial charge < -0.3 is 5.73 Å². The van der Waals surface area contributed by atoms with Crippen molar-refractivity contribution in [3.8, 4) is 10.6 Å². The number of halogens is 2. The largest absolute Gasteiger partial charge is 0.330 e. The number of nitrogens with two attached hydrogens (primary N) is 1. The minimum Gasteiger partial charge on any atom is -0.330 e. The zero-order valence-corrected chi connectivity index (χ0v) is 11.0. The van der Waals surface area contributed by atoms with Gasteiger partial charge in [0.15, 0.2) is 0 Å². The van der Waals surface area contributed by atoms with E-state index in [2.05, 4.69) is 4.98 Å². The summed E-state index contributed by atoms with van der Waals surface area (Å²) in [6.07, 6.45) is 0. The molecule has 0 fully saturated rings. The molecule has 2 nitrogen and oxygen atoms in total. The molecule has 0 saturated heterocycles. The van der Waals surface area contributed by atoms with Crippen LogP contribution in [0.15, 0.2) is 18.2 Å². The van der Waals surface area contributed by atoms with Gasteiger partial charge in [-0.25, -0.2) is 13.8 Å². The maximum absolute atomic E-state index is 13.7. The molecule has 2 rings (SSSR count). The smallest absolute Gasteiger partial charge is 0.133 e. The number of hydrogen-bond acceptors (Lipinski definition) is 3. The van der Waals surface area contributed by atoms with E-state index in [0.29, 0.717) is 11.6 Å². The Morgan fingerprint density at radius 1 is 1.39 bits per heavy atom. The first-order valence-corrected chi connectivity index (χ1v) is 6.47. The lowest BCUT2D eigenvalue weighted by Gasteiger charge is -2.04. The highest BCUT2D eigenvalue weighted by Gasteiger charge is 2.16. The summed E-state index contributed by atoms with van der Waals surface area (Å²) in [6.45, 7) is 4.36. The zero-order valence-electron chi connectivity index (χ0n) is 10.2. The van der Waals surface area contributed by atoms with Gasteiger partial charge in [0.1, 0.15) is 16.6 Å². The Morgan fingerprint density at radius 3 is 2.78 bits per heavy atom. The first kappa shape index (κ1) is 13.1. The van der Waals surface area contributed by atoms with E-state index < -0.39 is 11.6 Å². The SMILES string of the molecule is Cc1nc(-c2cc(F)ccc2F)sc1C(C)CN. The van der Waals surface area contributed by atoms with E-state index in [1.807, 2.05) is 13.8 Å². The van der Waals surface area contributed by atoms with Gasteiger partial charge in [-0.3, -0.25) is 0 Å². The van der Waals surface area contributed by atoms with Gasteiger partial charge in [-0.05, 0) is 31.7 Å². The summed E-state index contributed by atoms with van der Waals surface area (Å²) >= 11 is 1.37. The second-order valence-corrected chi connectivity index (χ2v) is 5.26. The van der Waals surface area contributed by atoms with Crippen LogP contribution in [0.3, 0.4) is 0 Å². The average Bonchev–Trinajstić information content (AvgIpc) is 2.73. The van der Waals surface area contributed by atoms with E-state index in [1.165, 1.54) is 17.4 Å². The molecular weight excluding hydrogens is 254 g/mol. The Kier molecular flexibility index (Phi) is 3.73. The summed E-state index contributed by atoms with van der Waals surface area (Å²) in [6, 6.07) is 3.39. The molecule has 1 aromatic heterocycles. The number of benzene rings is 1. The fraction of sp³-hybridized carbons (Fsp3) is 0.308. The Morgan fingerprint density at radius 2 is 2.11 bits per heavy atom. The molecule has 0 bridgehead atoms. The molecule has 0 aliphatic rings. The number of thiazole rings is 1. The van der Waals surface area contributed by atoms with Crippen LogP contribution in [0.1, 0.15) is 23.4 Å². The fourth-order valence-corrected chi connectivity index (χ4v) is 2.90. The van der Waals surface area contributed by atoms with Crippen LogP contribution in [-0.2, 0) is 0 Å². The number of aryl methyl sites for hydroxylation is 1. The number of nitrogens with zero attached hydrogens (tertiary/aromatic N) is 1. The summed E-state index contributed by atoms with van der Waals surface area (Å²) in [5.74, 6) is -0.752. The van der Waals surface area contributed by atoms with Gasteiger partial charge in [-0.2, -0.15) is 0 Å². The third-order valence-corrected chi connectivity index (χ3v) is 4.21. The number of rotatable bonds is 3. The van der Waals surface area contributed by atoms with Gasteiger partial charge in [0.2, 0.25) is 0 Å². The molecule has 0 spiro atoms. The van der Waals surface area contributed by atoms with Crippen LogP contribution in [0.5, 0.6) is 0 Å². The van der Waals surface area contributed by atoms with Crippen molar-refractivity contribution in [2.24, 2.45) is 5.73 Å². The molecule has 5 heteroatoms. The molecule has 0 amide bonds. The molecular formula is C13H14F2N2S. The first-order valence-electron chi connectivity index (χ1n) is 5.65. The standard InChI is InChI=1S/C13H14F2N2S/c1-7(6-16)12-8(2)17-13(18-12)10-5-9(14)3-4-11(10)15/h3-5,7H,6,16H2,1-2H3. The molecule has 1 unspecified atom stereocenters. The van der Waals surface area contributed by atoms with Gasteiger partial charge in [0, 0.05) is 16.4 Å². The number of hydrogen-bond donors (Lipinski definition) is 1. The lowest BCUT2D eigenvalue weighted by atomic mass is 10.1. The van der Waals surface area contributed by atoms with Crippen molar-refractivity contribution < 1.29 is 8.78 Å². The van der Waals surface area contributed by atoms with Crippen LogP contribution in [0.25, 0.3) is 10.6 Å². The molecule has 18 heavy (non-hydrogen) atoms. The minimum atomic E-state index is -0.465. The lowest BCUT2D eigenvalue weighted by Crippen LogP contribution is -2.08. The van der Waals surface area contributed by atoms with E-state index in [1.54, 1.807) is 0 Å². The Hall–Kier alpha value is -1.33. The monoisotopic (exact) mass is 268 g/mol. The van der Waals surface area contributed by atoms with Crippen molar-refractivity contribution in [2.75, 3.05) is 6.54 Å². The molecule has 0 radical (unpaired) electrons. The average molecular weight is 268 g/mol. The summed E-state index contributed by atoms with van der Waals surface area (Å²) in [7, 11) is 0. The van der Waals surface area contributed by atoms with Crippen molar-refractivity contribution >= 4 is 11.3 Å². The van der Waals surface area contributed by atoms with E-state index in [9.17, 15) is 8.78 Å². The zero-order chi connectivity index (χ0) is 13.3. The molecule has 2 N–H and O–H groups in total. The van der Waals surface area contributed by atoms with Crippen molar-refractivity contribution in [3.05, 3.63) is 40.4 Å². The van der Waals surface area contributed by atoms with Crippen molar-refractivity contribution in [3.63, 3.8) is 0 Å². The molecule has 96 valence electrons. The topological polar surface area (TPSA) is 38.9 Å². The molecule has 0 aliphatic heterocycles. The molecule has 1 aromatic carbocycles. The minimum absolute atomic E-state index is 0.174. The second-order valence-electron chi connectivity index (χ2n) is 4.23.